The third-order valence-corrected chi connectivity index (χ3v) is 5.05. The lowest BCUT2D eigenvalue weighted by Gasteiger charge is -2.31. The Morgan fingerprint density at radius 1 is 1.33 bits per heavy atom. The van der Waals surface area contributed by atoms with Gasteiger partial charge >= 0.3 is 0 Å². The van der Waals surface area contributed by atoms with Crippen LogP contribution in [0.4, 0.5) is 0 Å². The molecule has 94 valence electrons. The van der Waals surface area contributed by atoms with Crippen molar-refractivity contribution in [1.29, 1.82) is 0 Å². The zero-order chi connectivity index (χ0) is 12.7. The van der Waals surface area contributed by atoms with Crippen LogP contribution >= 0.6 is 22.9 Å². The van der Waals surface area contributed by atoms with Gasteiger partial charge in [-0.05, 0) is 36.7 Å². The maximum absolute atomic E-state index is 6.19. The summed E-state index contributed by atoms with van der Waals surface area (Å²) in [5.41, 5.74) is 4.20. The molecule has 3 rings (SSSR count). The van der Waals surface area contributed by atoms with Crippen molar-refractivity contribution in [2.75, 3.05) is 13.6 Å². The first kappa shape index (κ1) is 12.2. The van der Waals surface area contributed by atoms with Crippen molar-refractivity contribution < 1.29 is 0 Å². The average molecular weight is 278 g/mol. The molecule has 1 aliphatic heterocycles. The number of nitrogens with zero attached hydrogens (tertiary/aromatic N) is 1. The van der Waals surface area contributed by atoms with Crippen LogP contribution in [-0.4, -0.2) is 18.5 Å². The summed E-state index contributed by atoms with van der Waals surface area (Å²) in [5, 5.41) is 0. The van der Waals surface area contributed by atoms with Gasteiger partial charge in [0.25, 0.3) is 0 Å². The van der Waals surface area contributed by atoms with Crippen LogP contribution in [0.5, 0.6) is 0 Å². The van der Waals surface area contributed by atoms with E-state index < -0.39 is 0 Å². The number of likely N-dealkylation sites (N-methyl/N-ethyl adjacent to an activating group) is 1. The van der Waals surface area contributed by atoms with E-state index in [1.807, 2.05) is 0 Å². The lowest BCUT2D eigenvalue weighted by atomic mass is 9.89. The number of aryl methyl sites for hydroxylation is 1. The second-order valence-electron chi connectivity index (χ2n) is 5.05. The highest BCUT2D eigenvalue weighted by atomic mass is 35.5. The van der Waals surface area contributed by atoms with Crippen LogP contribution in [0.2, 0.25) is 4.34 Å². The third kappa shape index (κ3) is 2.09. The zero-order valence-corrected chi connectivity index (χ0v) is 12.2. The van der Waals surface area contributed by atoms with Crippen LogP contribution in [-0.2, 0) is 6.54 Å². The first-order chi connectivity index (χ1) is 8.65. The number of fused-ring (bicyclic) bond motifs is 1. The van der Waals surface area contributed by atoms with Crippen molar-refractivity contribution >= 4 is 22.9 Å². The van der Waals surface area contributed by atoms with Gasteiger partial charge in [-0.3, -0.25) is 0 Å². The molecule has 0 fully saturated rings. The van der Waals surface area contributed by atoms with Gasteiger partial charge in [0.05, 0.1) is 4.34 Å². The Kier molecular flexibility index (Phi) is 3.18. The average Bonchev–Trinajstić information content (AvgIpc) is 2.69. The van der Waals surface area contributed by atoms with Gasteiger partial charge in [0.1, 0.15) is 0 Å². The number of hydrogen-bond acceptors (Lipinski definition) is 2. The minimum atomic E-state index is 0.470. The predicted octanol–water partition coefficient (Wildman–Crippen LogP) is 4.29. The number of halogens is 1. The second kappa shape index (κ2) is 4.69. The van der Waals surface area contributed by atoms with Gasteiger partial charge in [-0.2, -0.15) is 0 Å². The van der Waals surface area contributed by atoms with E-state index in [4.69, 9.17) is 11.6 Å². The van der Waals surface area contributed by atoms with Crippen LogP contribution in [0.1, 0.15) is 27.5 Å². The SMILES string of the molecule is Cc1ccccc1C1CN(C)Cc2cc(Cl)sc21. The van der Waals surface area contributed by atoms with Crippen LogP contribution in [0, 0.1) is 6.92 Å². The largest absolute Gasteiger partial charge is 0.301 e. The topological polar surface area (TPSA) is 3.24 Å². The summed E-state index contributed by atoms with van der Waals surface area (Å²) in [5.74, 6) is 0.470. The molecular weight excluding hydrogens is 262 g/mol. The van der Waals surface area contributed by atoms with Crippen LogP contribution in [0.15, 0.2) is 30.3 Å². The molecule has 1 aromatic carbocycles. The van der Waals surface area contributed by atoms with Crippen molar-refractivity contribution in [2.45, 2.75) is 19.4 Å². The normalized spacial score (nSPS) is 19.8. The Balaban J connectivity index is 2.10. The highest BCUT2D eigenvalue weighted by molar-refractivity contribution is 7.16. The molecule has 3 heteroatoms. The maximum Gasteiger partial charge on any atom is 0.0934 e. The van der Waals surface area contributed by atoms with Crippen molar-refractivity contribution in [1.82, 2.24) is 4.90 Å². The molecular formula is C15H16ClNS. The fraction of sp³-hybridized carbons (Fsp3) is 0.333. The fourth-order valence-electron chi connectivity index (χ4n) is 2.79. The van der Waals surface area contributed by atoms with Gasteiger partial charge in [-0.15, -0.1) is 11.3 Å². The van der Waals surface area contributed by atoms with E-state index in [1.165, 1.54) is 21.6 Å². The van der Waals surface area contributed by atoms with Gasteiger partial charge in [0.15, 0.2) is 0 Å². The van der Waals surface area contributed by atoms with E-state index in [-0.39, 0.29) is 0 Å². The molecule has 0 N–H and O–H groups in total. The molecule has 2 aromatic rings. The molecule has 1 aromatic heterocycles. The molecule has 1 unspecified atom stereocenters. The number of rotatable bonds is 1. The first-order valence-electron chi connectivity index (χ1n) is 6.17. The number of hydrogen-bond donors (Lipinski definition) is 0. The van der Waals surface area contributed by atoms with Crippen LogP contribution in [0.25, 0.3) is 0 Å². The minimum absolute atomic E-state index is 0.470. The van der Waals surface area contributed by atoms with Crippen molar-refractivity contribution in [2.24, 2.45) is 0 Å². The standard InChI is InChI=1S/C15H16ClNS/c1-10-5-3-4-6-12(10)13-9-17(2)8-11-7-14(16)18-15(11)13/h3-7,13H,8-9H2,1-2H3. The fourth-order valence-corrected chi connectivity index (χ4v) is 4.18. The molecule has 1 aliphatic rings. The minimum Gasteiger partial charge on any atom is -0.301 e. The van der Waals surface area contributed by atoms with E-state index in [9.17, 15) is 0 Å². The Hall–Kier alpha value is -0.830. The summed E-state index contributed by atoms with van der Waals surface area (Å²) in [7, 11) is 2.18. The smallest absolute Gasteiger partial charge is 0.0934 e. The second-order valence-corrected chi connectivity index (χ2v) is 6.76. The maximum atomic E-state index is 6.19. The van der Waals surface area contributed by atoms with E-state index in [2.05, 4.69) is 49.2 Å². The predicted molar refractivity (Wildman–Crippen MR) is 78.7 cm³/mol. The summed E-state index contributed by atoms with van der Waals surface area (Å²) in [4.78, 5) is 3.83. The number of benzene rings is 1. The van der Waals surface area contributed by atoms with Gasteiger partial charge in [0, 0.05) is 23.9 Å². The number of thiophene rings is 1. The van der Waals surface area contributed by atoms with E-state index in [0.29, 0.717) is 5.92 Å². The molecule has 0 bridgehead atoms. The van der Waals surface area contributed by atoms with Gasteiger partial charge in [-0.1, -0.05) is 35.9 Å². The first-order valence-corrected chi connectivity index (χ1v) is 7.37. The lowest BCUT2D eigenvalue weighted by Crippen LogP contribution is -2.30. The summed E-state index contributed by atoms with van der Waals surface area (Å²) in [6.45, 7) is 4.29. The van der Waals surface area contributed by atoms with Gasteiger partial charge in [0.2, 0.25) is 0 Å². The van der Waals surface area contributed by atoms with Crippen LogP contribution < -0.4 is 0 Å². The summed E-state index contributed by atoms with van der Waals surface area (Å²) in [6, 6.07) is 10.8. The molecule has 0 amide bonds. The molecule has 0 saturated carbocycles. The monoisotopic (exact) mass is 277 g/mol. The molecule has 0 aliphatic carbocycles. The van der Waals surface area contributed by atoms with E-state index in [0.717, 1.165) is 17.4 Å². The van der Waals surface area contributed by atoms with E-state index in [1.54, 1.807) is 11.3 Å². The van der Waals surface area contributed by atoms with Crippen molar-refractivity contribution in [3.8, 4) is 0 Å². The Bertz CT molecular complexity index is 576. The summed E-state index contributed by atoms with van der Waals surface area (Å²) >= 11 is 7.93. The Morgan fingerprint density at radius 3 is 2.89 bits per heavy atom. The lowest BCUT2D eigenvalue weighted by molar-refractivity contribution is 0.298. The van der Waals surface area contributed by atoms with Crippen molar-refractivity contribution in [3.63, 3.8) is 0 Å². The molecule has 1 nitrogen and oxygen atoms in total. The third-order valence-electron chi connectivity index (χ3n) is 3.63. The molecule has 2 heterocycles. The Morgan fingerprint density at radius 2 is 2.11 bits per heavy atom. The molecule has 1 atom stereocenters. The summed E-state index contributed by atoms with van der Waals surface area (Å²) in [6.07, 6.45) is 0. The molecule has 0 radical (unpaired) electrons. The zero-order valence-electron chi connectivity index (χ0n) is 10.6. The van der Waals surface area contributed by atoms with Gasteiger partial charge in [-0.25, -0.2) is 0 Å². The van der Waals surface area contributed by atoms with Gasteiger partial charge < -0.3 is 4.90 Å². The highest BCUT2D eigenvalue weighted by Crippen LogP contribution is 2.40. The van der Waals surface area contributed by atoms with Crippen molar-refractivity contribution in [3.05, 3.63) is 56.2 Å². The summed E-state index contributed by atoms with van der Waals surface area (Å²) < 4.78 is 0.911. The quantitative estimate of drug-likeness (QED) is 0.752. The molecule has 18 heavy (non-hydrogen) atoms. The van der Waals surface area contributed by atoms with E-state index >= 15 is 0 Å². The molecule has 0 saturated heterocycles. The van der Waals surface area contributed by atoms with Crippen LogP contribution in [0.3, 0.4) is 0 Å². The highest BCUT2D eigenvalue weighted by Gasteiger charge is 2.27. The Labute approximate surface area is 117 Å². The molecule has 0 spiro atoms.